The van der Waals surface area contributed by atoms with Crippen molar-refractivity contribution in [2.45, 2.75) is 26.3 Å². The number of pyridine rings is 1. The van der Waals surface area contributed by atoms with E-state index in [-0.39, 0.29) is 25.0 Å². The molecule has 0 fully saturated rings. The molecule has 0 saturated heterocycles. The van der Waals surface area contributed by atoms with E-state index in [1.165, 1.54) is 18.2 Å². The number of carbonyl (C=O) groups is 2. The fraction of sp³-hybridized carbons (Fsp3) is 0.462. The van der Waals surface area contributed by atoms with Crippen molar-refractivity contribution in [3.05, 3.63) is 18.3 Å². The Kier molecular flexibility index (Phi) is 5.76. The summed E-state index contributed by atoms with van der Waals surface area (Å²) in [6.45, 7) is 3.81. The second kappa shape index (κ2) is 7.32. The third-order valence-corrected chi connectivity index (χ3v) is 2.65. The first-order valence-corrected chi connectivity index (χ1v) is 6.23. The summed E-state index contributed by atoms with van der Waals surface area (Å²) in [5, 5.41) is 11.4. The molecule has 110 valence electrons. The highest BCUT2D eigenvalue weighted by molar-refractivity contribution is 5.89. The van der Waals surface area contributed by atoms with Gasteiger partial charge in [-0.05, 0) is 19.9 Å². The molecule has 0 spiro atoms. The summed E-state index contributed by atoms with van der Waals surface area (Å²) in [6.07, 6.45) is 1.39. The number of anilines is 1. The molecule has 2 amide bonds. The molecule has 1 heterocycles. The SMILES string of the molecule is COc1ccc(NC(=O)N(CCC(=O)O)C(C)C)cn1. The summed E-state index contributed by atoms with van der Waals surface area (Å²) in [5.74, 6) is -0.482. The fourth-order valence-corrected chi connectivity index (χ4v) is 1.58. The molecule has 0 bridgehead atoms. The van der Waals surface area contributed by atoms with Crippen LogP contribution in [0.1, 0.15) is 20.3 Å². The van der Waals surface area contributed by atoms with Gasteiger partial charge in [-0.1, -0.05) is 0 Å². The topological polar surface area (TPSA) is 91.8 Å². The number of ether oxygens (including phenoxy) is 1. The average molecular weight is 281 g/mol. The Morgan fingerprint density at radius 2 is 2.15 bits per heavy atom. The van der Waals surface area contributed by atoms with Crippen molar-refractivity contribution in [1.29, 1.82) is 0 Å². The lowest BCUT2D eigenvalue weighted by molar-refractivity contribution is -0.137. The standard InChI is InChI=1S/C13H19N3O4/c1-9(2)16(7-6-12(17)18)13(19)15-10-4-5-11(20-3)14-8-10/h4-5,8-9H,6-7H2,1-3H3,(H,15,19)(H,17,18). The van der Waals surface area contributed by atoms with Crippen LogP contribution in [0.25, 0.3) is 0 Å². The minimum absolute atomic E-state index is 0.0908. The van der Waals surface area contributed by atoms with Crippen LogP contribution in [-0.2, 0) is 4.79 Å². The number of carbonyl (C=O) groups excluding carboxylic acids is 1. The second-order valence-electron chi connectivity index (χ2n) is 4.45. The lowest BCUT2D eigenvalue weighted by Gasteiger charge is -2.26. The molecule has 1 aromatic rings. The van der Waals surface area contributed by atoms with Gasteiger partial charge in [0.15, 0.2) is 0 Å². The zero-order valence-corrected chi connectivity index (χ0v) is 11.8. The number of hydrogen-bond donors (Lipinski definition) is 2. The van der Waals surface area contributed by atoms with Gasteiger partial charge >= 0.3 is 12.0 Å². The normalized spacial score (nSPS) is 10.2. The maximum absolute atomic E-state index is 12.1. The summed E-state index contributed by atoms with van der Waals surface area (Å²) in [4.78, 5) is 28.1. The minimum atomic E-state index is -0.936. The van der Waals surface area contributed by atoms with Crippen LogP contribution in [0.4, 0.5) is 10.5 Å². The molecule has 7 heteroatoms. The largest absolute Gasteiger partial charge is 0.481 e. The van der Waals surface area contributed by atoms with Crippen molar-refractivity contribution >= 4 is 17.7 Å². The third kappa shape index (κ3) is 4.75. The number of carboxylic acid groups (broad SMARTS) is 1. The smallest absolute Gasteiger partial charge is 0.322 e. The van der Waals surface area contributed by atoms with E-state index in [1.54, 1.807) is 12.1 Å². The Balaban J connectivity index is 2.66. The molecule has 0 aliphatic carbocycles. The summed E-state index contributed by atoms with van der Waals surface area (Å²) in [6, 6.07) is 2.85. The highest BCUT2D eigenvalue weighted by Crippen LogP contribution is 2.12. The minimum Gasteiger partial charge on any atom is -0.481 e. The number of amides is 2. The van der Waals surface area contributed by atoms with Crippen molar-refractivity contribution in [1.82, 2.24) is 9.88 Å². The molecule has 1 aromatic heterocycles. The van der Waals surface area contributed by atoms with E-state index in [0.29, 0.717) is 11.6 Å². The monoisotopic (exact) mass is 281 g/mol. The lowest BCUT2D eigenvalue weighted by atomic mass is 10.3. The van der Waals surface area contributed by atoms with Crippen molar-refractivity contribution in [2.75, 3.05) is 19.0 Å². The van der Waals surface area contributed by atoms with Crippen LogP contribution in [0.3, 0.4) is 0 Å². The molecule has 20 heavy (non-hydrogen) atoms. The third-order valence-electron chi connectivity index (χ3n) is 2.65. The number of aliphatic carboxylic acids is 1. The van der Waals surface area contributed by atoms with Crippen LogP contribution in [0.5, 0.6) is 5.88 Å². The summed E-state index contributed by atoms with van der Waals surface area (Å²) < 4.78 is 4.93. The Labute approximate surface area is 117 Å². The van der Waals surface area contributed by atoms with Gasteiger partial charge in [0.05, 0.1) is 25.4 Å². The lowest BCUT2D eigenvalue weighted by Crippen LogP contribution is -2.41. The van der Waals surface area contributed by atoms with Gasteiger partial charge in [0.1, 0.15) is 0 Å². The van der Waals surface area contributed by atoms with Crippen LogP contribution >= 0.6 is 0 Å². The Morgan fingerprint density at radius 3 is 2.60 bits per heavy atom. The van der Waals surface area contributed by atoms with Crippen LogP contribution in [0, 0.1) is 0 Å². The number of aromatic nitrogens is 1. The molecule has 0 aliphatic heterocycles. The quantitative estimate of drug-likeness (QED) is 0.829. The highest BCUT2D eigenvalue weighted by Gasteiger charge is 2.18. The van der Waals surface area contributed by atoms with Crippen LogP contribution < -0.4 is 10.1 Å². The number of nitrogens with zero attached hydrogens (tertiary/aromatic N) is 2. The van der Waals surface area contributed by atoms with E-state index in [4.69, 9.17) is 9.84 Å². The molecule has 0 aromatic carbocycles. The number of rotatable bonds is 6. The number of hydrogen-bond acceptors (Lipinski definition) is 4. The van der Waals surface area contributed by atoms with Gasteiger partial charge in [0.25, 0.3) is 0 Å². The molecular weight excluding hydrogens is 262 g/mol. The molecule has 2 N–H and O–H groups in total. The van der Waals surface area contributed by atoms with E-state index in [0.717, 1.165) is 0 Å². The van der Waals surface area contributed by atoms with E-state index in [9.17, 15) is 9.59 Å². The van der Waals surface area contributed by atoms with E-state index >= 15 is 0 Å². The zero-order chi connectivity index (χ0) is 15.1. The summed E-state index contributed by atoms with van der Waals surface area (Å²) in [7, 11) is 1.51. The molecule has 0 atom stereocenters. The summed E-state index contributed by atoms with van der Waals surface area (Å²) in [5.41, 5.74) is 0.525. The predicted molar refractivity (Wildman–Crippen MR) is 73.9 cm³/mol. The Morgan fingerprint density at radius 1 is 1.45 bits per heavy atom. The second-order valence-corrected chi connectivity index (χ2v) is 4.45. The van der Waals surface area contributed by atoms with Gasteiger partial charge in [-0.2, -0.15) is 0 Å². The van der Waals surface area contributed by atoms with Crippen molar-refractivity contribution in [2.24, 2.45) is 0 Å². The van der Waals surface area contributed by atoms with E-state index in [1.807, 2.05) is 13.8 Å². The van der Waals surface area contributed by atoms with E-state index in [2.05, 4.69) is 10.3 Å². The first-order chi connectivity index (χ1) is 9.43. The van der Waals surface area contributed by atoms with Gasteiger partial charge < -0.3 is 20.1 Å². The maximum atomic E-state index is 12.1. The molecule has 0 aliphatic rings. The molecular formula is C13H19N3O4. The Bertz CT molecular complexity index is 459. The maximum Gasteiger partial charge on any atom is 0.322 e. The fourth-order valence-electron chi connectivity index (χ4n) is 1.58. The van der Waals surface area contributed by atoms with Gasteiger partial charge in [-0.3, -0.25) is 4.79 Å². The van der Waals surface area contributed by atoms with Crippen LogP contribution in [-0.4, -0.2) is 46.7 Å². The molecule has 7 nitrogen and oxygen atoms in total. The zero-order valence-electron chi connectivity index (χ0n) is 11.8. The van der Waals surface area contributed by atoms with E-state index < -0.39 is 5.97 Å². The van der Waals surface area contributed by atoms with Crippen LogP contribution in [0.15, 0.2) is 18.3 Å². The van der Waals surface area contributed by atoms with Crippen molar-refractivity contribution < 1.29 is 19.4 Å². The molecule has 0 radical (unpaired) electrons. The first-order valence-electron chi connectivity index (χ1n) is 6.23. The summed E-state index contributed by atoms with van der Waals surface area (Å²) >= 11 is 0. The van der Waals surface area contributed by atoms with Gasteiger partial charge in [0.2, 0.25) is 5.88 Å². The van der Waals surface area contributed by atoms with Gasteiger partial charge in [-0.25, -0.2) is 9.78 Å². The molecule has 1 rings (SSSR count). The predicted octanol–water partition coefficient (Wildman–Crippen LogP) is 1.81. The van der Waals surface area contributed by atoms with Gasteiger partial charge in [-0.15, -0.1) is 0 Å². The van der Waals surface area contributed by atoms with Crippen molar-refractivity contribution in [3.8, 4) is 5.88 Å². The molecule has 0 unspecified atom stereocenters. The number of methoxy groups -OCH3 is 1. The highest BCUT2D eigenvalue weighted by atomic mass is 16.5. The number of carboxylic acids is 1. The number of nitrogens with one attached hydrogen (secondary N) is 1. The van der Waals surface area contributed by atoms with Crippen molar-refractivity contribution in [3.63, 3.8) is 0 Å². The molecule has 0 saturated carbocycles. The van der Waals surface area contributed by atoms with Gasteiger partial charge in [0, 0.05) is 18.7 Å². The first kappa shape index (κ1) is 15.7. The average Bonchev–Trinajstić information content (AvgIpc) is 2.39. The van der Waals surface area contributed by atoms with Crippen LogP contribution in [0.2, 0.25) is 0 Å². The number of urea groups is 1. The Hall–Kier alpha value is -2.31.